The van der Waals surface area contributed by atoms with Crippen molar-refractivity contribution in [2.24, 2.45) is 7.05 Å². The highest BCUT2D eigenvalue weighted by Crippen LogP contribution is 2.41. The molecule has 2 aromatic carbocycles. The summed E-state index contributed by atoms with van der Waals surface area (Å²) in [4.78, 5) is 29.9. The highest BCUT2D eigenvalue weighted by Gasteiger charge is 2.36. The number of nitrogens with one attached hydrogen (secondary N) is 3. The summed E-state index contributed by atoms with van der Waals surface area (Å²) in [5.41, 5.74) is 1.06. The molecule has 2 aliphatic heterocycles. The summed E-state index contributed by atoms with van der Waals surface area (Å²) in [6.45, 7) is 3.70. The van der Waals surface area contributed by atoms with Gasteiger partial charge in [0.15, 0.2) is 16.6 Å². The topological polar surface area (TPSA) is 129 Å². The van der Waals surface area contributed by atoms with E-state index in [9.17, 15) is 9.59 Å². The van der Waals surface area contributed by atoms with Crippen LogP contribution in [0.25, 0.3) is 0 Å². The van der Waals surface area contributed by atoms with Gasteiger partial charge in [-0.15, -0.1) is 11.3 Å². The third kappa shape index (κ3) is 7.16. The summed E-state index contributed by atoms with van der Waals surface area (Å²) in [7, 11) is 1.68. The summed E-state index contributed by atoms with van der Waals surface area (Å²) >= 11 is 1.36. The van der Waals surface area contributed by atoms with E-state index in [1.54, 1.807) is 24.7 Å². The fourth-order valence-electron chi connectivity index (χ4n) is 5.68. The van der Waals surface area contributed by atoms with E-state index in [0.717, 1.165) is 36.8 Å². The number of nitrogens with zero attached hydrogens (tertiary/aromatic N) is 3. The third-order valence-corrected chi connectivity index (χ3v) is 8.73. The van der Waals surface area contributed by atoms with Crippen molar-refractivity contribution in [3.05, 3.63) is 76.7 Å². The van der Waals surface area contributed by atoms with Gasteiger partial charge in [-0.25, -0.2) is 9.37 Å². The molecule has 1 fully saturated rings. The van der Waals surface area contributed by atoms with Crippen LogP contribution in [0, 0.1) is 5.82 Å². The summed E-state index contributed by atoms with van der Waals surface area (Å²) in [5.74, 6) is -0.0274. The van der Waals surface area contributed by atoms with Crippen molar-refractivity contribution < 1.29 is 28.2 Å². The number of carbonyl (C=O) groups excluding carboxylic acids is 2. The first-order chi connectivity index (χ1) is 21.8. The Hall–Kier alpha value is -4.33. The molecule has 13 heteroatoms. The standard InChI is InChI=1S/C32H35FN6O5S/c1-32(18-29(40)38-31-34-12-14-45-31)24-17-27(26(15-20(24)8-10-35-32)43-19-22-5-3-4-13-42-22)44-21-6-7-23(25(33)16-21)30(41)37-28-9-11-36-39(28)2/h6-7,9,11-12,14-17,22,35H,3-5,8,10,13,18-19H2,1-2H3,(H,37,41)(H,34,38,40)/t22?,32-/m1/s1. The van der Waals surface area contributed by atoms with E-state index in [4.69, 9.17) is 14.2 Å². The minimum Gasteiger partial charge on any atom is -0.487 e. The SMILES string of the molecule is Cn1nccc1NC(=O)c1ccc(Oc2cc3c(cc2OCC2CCCCO2)CCN[C@]3(C)CC(=O)Nc2nccs2)cc1F. The lowest BCUT2D eigenvalue weighted by Crippen LogP contribution is -2.47. The molecule has 1 unspecified atom stereocenters. The van der Waals surface area contributed by atoms with Crippen LogP contribution in [-0.2, 0) is 28.5 Å². The Morgan fingerprint density at radius 1 is 1.18 bits per heavy atom. The molecule has 2 aromatic heterocycles. The van der Waals surface area contributed by atoms with Crippen molar-refractivity contribution in [1.82, 2.24) is 20.1 Å². The largest absolute Gasteiger partial charge is 0.487 e. The van der Waals surface area contributed by atoms with Gasteiger partial charge in [-0.1, -0.05) is 0 Å². The van der Waals surface area contributed by atoms with E-state index >= 15 is 4.39 Å². The molecule has 0 spiro atoms. The zero-order valence-corrected chi connectivity index (χ0v) is 25.9. The highest BCUT2D eigenvalue weighted by atomic mass is 32.1. The van der Waals surface area contributed by atoms with Crippen LogP contribution in [0.4, 0.5) is 15.3 Å². The van der Waals surface area contributed by atoms with E-state index < -0.39 is 17.3 Å². The van der Waals surface area contributed by atoms with Crippen LogP contribution in [0.1, 0.15) is 54.1 Å². The van der Waals surface area contributed by atoms with Crippen molar-refractivity contribution in [3.63, 3.8) is 0 Å². The van der Waals surface area contributed by atoms with Gasteiger partial charge in [0.25, 0.3) is 5.91 Å². The zero-order valence-electron chi connectivity index (χ0n) is 25.1. The van der Waals surface area contributed by atoms with E-state index in [1.807, 2.05) is 19.1 Å². The van der Waals surface area contributed by atoms with Crippen LogP contribution in [0.3, 0.4) is 0 Å². The summed E-state index contributed by atoms with van der Waals surface area (Å²) < 4.78 is 35.1. The molecule has 0 bridgehead atoms. The maximum Gasteiger partial charge on any atom is 0.259 e. The van der Waals surface area contributed by atoms with E-state index in [0.29, 0.717) is 42.2 Å². The number of anilines is 2. The minimum atomic E-state index is -0.742. The number of halogens is 1. The third-order valence-electron chi connectivity index (χ3n) is 8.04. The van der Waals surface area contributed by atoms with Gasteiger partial charge < -0.3 is 30.2 Å². The molecule has 0 radical (unpaired) electrons. The van der Waals surface area contributed by atoms with Gasteiger partial charge in [-0.05, 0) is 68.0 Å². The molecule has 0 aliphatic carbocycles. The lowest BCUT2D eigenvalue weighted by molar-refractivity contribution is -0.117. The van der Waals surface area contributed by atoms with Crippen molar-refractivity contribution >= 4 is 34.1 Å². The Morgan fingerprint density at radius 2 is 2.07 bits per heavy atom. The fraction of sp³-hybridized carbons (Fsp3) is 0.375. The Labute approximate surface area is 264 Å². The zero-order chi connectivity index (χ0) is 31.4. The summed E-state index contributed by atoms with van der Waals surface area (Å²) in [6, 6.07) is 9.50. The van der Waals surface area contributed by atoms with Crippen LogP contribution in [0.5, 0.6) is 17.2 Å². The molecule has 2 aliphatic rings. The van der Waals surface area contributed by atoms with Gasteiger partial charge in [0, 0.05) is 55.9 Å². The molecule has 4 aromatic rings. The molecule has 11 nitrogen and oxygen atoms in total. The van der Waals surface area contributed by atoms with Gasteiger partial charge in [0.2, 0.25) is 5.91 Å². The predicted octanol–water partition coefficient (Wildman–Crippen LogP) is 5.40. The van der Waals surface area contributed by atoms with Gasteiger partial charge in [0.05, 0.1) is 17.9 Å². The highest BCUT2D eigenvalue weighted by molar-refractivity contribution is 7.13. The van der Waals surface area contributed by atoms with Gasteiger partial charge >= 0.3 is 0 Å². The molecule has 236 valence electrons. The van der Waals surface area contributed by atoms with Crippen molar-refractivity contribution in [2.45, 2.75) is 50.7 Å². The summed E-state index contributed by atoms with van der Waals surface area (Å²) in [6.07, 6.45) is 7.05. The average molecular weight is 635 g/mol. The Balaban J connectivity index is 1.27. The van der Waals surface area contributed by atoms with Crippen LogP contribution in [-0.4, -0.2) is 52.4 Å². The molecular weight excluding hydrogens is 599 g/mol. The quantitative estimate of drug-likeness (QED) is 0.212. The first-order valence-corrected chi connectivity index (χ1v) is 15.8. The van der Waals surface area contributed by atoms with Crippen molar-refractivity contribution in [2.75, 3.05) is 30.4 Å². The molecule has 1 saturated heterocycles. The number of amides is 2. The number of hydrogen-bond acceptors (Lipinski definition) is 9. The molecule has 6 rings (SSSR count). The number of benzene rings is 2. The van der Waals surface area contributed by atoms with Crippen molar-refractivity contribution in [1.29, 1.82) is 0 Å². The number of ether oxygens (including phenoxy) is 3. The maximum atomic E-state index is 15.2. The smallest absolute Gasteiger partial charge is 0.259 e. The lowest BCUT2D eigenvalue weighted by atomic mass is 9.81. The number of aromatic nitrogens is 3. The number of thiazole rings is 1. The number of aryl methyl sites for hydroxylation is 1. The summed E-state index contributed by atoms with van der Waals surface area (Å²) in [5, 5.41) is 15.4. The number of carbonyl (C=O) groups is 2. The van der Waals surface area contributed by atoms with Crippen LogP contribution in [0.2, 0.25) is 0 Å². The molecular formula is C32H35FN6O5S. The number of hydrogen-bond donors (Lipinski definition) is 3. The number of fused-ring (bicyclic) bond motifs is 1. The fourth-order valence-corrected chi connectivity index (χ4v) is 6.23. The second-order valence-electron chi connectivity index (χ2n) is 11.4. The normalized spacial score (nSPS) is 19.4. The minimum absolute atomic E-state index is 0.0289. The van der Waals surface area contributed by atoms with E-state index in [1.165, 1.54) is 40.4 Å². The van der Waals surface area contributed by atoms with Gasteiger partial charge in [-0.3, -0.25) is 14.3 Å². The van der Waals surface area contributed by atoms with Crippen LogP contribution < -0.4 is 25.4 Å². The first-order valence-electron chi connectivity index (χ1n) is 14.9. The van der Waals surface area contributed by atoms with Crippen molar-refractivity contribution in [3.8, 4) is 17.2 Å². The Kier molecular flexibility index (Phi) is 9.10. The molecule has 3 N–H and O–H groups in total. The van der Waals surface area contributed by atoms with Gasteiger partial charge in [0.1, 0.15) is 24.0 Å². The molecule has 4 heterocycles. The molecule has 45 heavy (non-hydrogen) atoms. The Morgan fingerprint density at radius 3 is 2.80 bits per heavy atom. The Bertz CT molecular complexity index is 1670. The molecule has 0 saturated carbocycles. The number of rotatable bonds is 10. The second kappa shape index (κ2) is 13.3. The van der Waals surface area contributed by atoms with E-state index in [2.05, 4.69) is 26.0 Å². The van der Waals surface area contributed by atoms with Crippen LogP contribution in [0.15, 0.2) is 54.2 Å². The molecule has 2 atom stereocenters. The monoisotopic (exact) mass is 634 g/mol. The maximum absolute atomic E-state index is 15.2. The first kappa shape index (κ1) is 30.7. The lowest BCUT2D eigenvalue weighted by Gasteiger charge is -2.37. The average Bonchev–Trinajstić information content (AvgIpc) is 3.68. The van der Waals surface area contributed by atoms with Crippen LogP contribution >= 0.6 is 11.3 Å². The second-order valence-corrected chi connectivity index (χ2v) is 12.3. The van der Waals surface area contributed by atoms with E-state index in [-0.39, 0.29) is 29.7 Å². The predicted molar refractivity (Wildman–Crippen MR) is 168 cm³/mol. The molecule has 2 amide bonds. The van der Waals surface area contributed by atoms with Gasteiger partial charge in [-0.2, -0.15) is 5.10 Å².